The molecule has 0 spiro atoms. The number of hydrogen-bond donors (Lipinski definition) is 3. The molecule has 194 valence electrons. The quantitative estimate of drug-likeness (QED) is 0.441. The minimum absolute atomic E-state index is 0.0303. The molecule has 6 heteroatoms. The van der Waals surface area contributed by atoms with E-state index in [1.807, 2.05) is 20.0 Å². The maximum absolute atomic E-state index is 13.3. The number of amides is 1. The van der Waals surface area contributed by atoms with Crippen molar-refractivity contribution in [1.29, 1.82) is 0 Å². The molecule has 1 aromatic heterocycles. The van der Waals surface area contributed by atoms with E-state index in [-0.39, 0.29) is 35.2 Å². The number of methoxy groups -OCH3 is 1. The molecule has 0 saturated carbocycles. The van der Waals surface area contributed by atoms with Gasteiger partial charge >= 0.3 is 0 Å². The molecule has 6 nitrogen and oxygen atoms in total. The molecule has 0 aliphatic carbocycles. The number of nitrogens with zero attached hydrogens (tertiary/aromatic N) is 1. The molecular weight excluding hydrogens is 438 g/mol. The van der Waals surface area contributed by atoms with Crippen molar-refractivity contribution >= 4 is 22.5 Å². The molecule has 4 atom stereocenters. The van der Waals surface area contributed by atoms with Gasteiger partial charge < -0.3 is 25.0 Å². The van der Waals surface area contributed by atoms with Crippen molar-refractivity contribution in [3.63, 3.8) is 0 Å². The molecule has 0 fully saturated rings. The molecule has 0 radical (unpaired) electrons. The fourth-order valence-electron chi connectivity index (χ4n) is 5.36. The van der Waals surface area contributed by atoms with E-state index in [2.05, 4.69) is 74.7 Å². The first-order valence-electron chi connectivity index (χ1n) is 12.9. The van der Waals surface area contributed by atoms with Gasteiger partial charge in [-0.1, -0.05) is 46.8 Å². The van der Waals surface area contributed by atoms with Crippen LogP contribution in [0.1, 0.15) is 65.5 Å². The lowest BCUT2D eigenvalue weighted by molar-refractivity contribution is -0.124. The number of aromatic amines is 1. The Balaban J connectivity index is 2.17. The van der Waals surface area contributed by atoms with Crippen LogP contribution in [0.4, 0.5) is 5.69 Å². The smallest absolute Gasteiger partial charge is 0.243 e. The third kappa shape index (κ3) is 5.29. The summed E-state index contributed by atoms with van der Waals surface area (Å²) < 4.78 is 5.45. The van der Waals surface area contributed by atoms with E-state index in [9.17, 15) is 9.90 Å². The van der Waals surface area contributed by atoms with E-state index in [1.165, 1.54) is 0 Å². The second-order valence-electron chi connectivity index (χ2n) is 11.5. The molecular formula is C29H45N3O3. The molecule has 2 aromatic rings. The van der Waals surface area contributed by atoms with E-state index in [4.69, 9.17) is 4.74 Å². The number of ether oxygens (including phenoxy) is 1. The van der Waals surface area contributed by atoms with Gasteiger partial charge in [0.05, 0.1) is 23.8 Å². The van der Waals surface area contributed by atoms with Crippen molar-refractivity contribution in [2.75, 3.05) is 25.7 Å². The maximum Gasteiger partial charge on any atom is 0.243 e. The summed E-state index contributed by atoms with van der Waals surface area (Å²) in [4.78, 5) is 19.0. The number of nitrogens with one attached hydrogen (secondary N) is 2. The van der Waals surface area contributed by atoms with Gasteiger partial charge in [0.2, 0.25) is 5.91 Å². The van der Waals surface area contributed by atoms with Gasteiger partial charge in [-0.25, -0.2) is 0 Å². The van der Waals surface area contributed by atoms with Crippen molar-refractivity contribution in [3.05, 3.63) is 42.1 Å². The summed E-state index contributed by atoms with van der Waals surface area (Å²) in [5.74, 6) is 0.333. The predicted octanol–water partition coefficient (Wildman–Crippen LogP) is 4.95. The van der Waals surface area contributed by atoms with Crippen LogP contribution < -0.4 is 10.2 Å². The van der Waals surface area contributed by atoms with Gasteiger partial charge in [-0.05, 0) is 55.2 Å². The van der Waals surface area contributed by atoms with Gasteiger partial charge in [-0.15, -0.1) is 6.58 Å². The normalized spacial score (nSPS) is 22.4. The zero-order chi connectivity index (χ0) is 26.1. The van der Waals surface area contributed by atoms with E-state index < -0.39 is 5.60 Å². The lowest BCUT2D eigenvalue weighted by atomic mass is 9.74. The average molecular weight is 484 g/mol. The lowest BCUT2D eigenvalue weighted by Gasteiger charge is -2.35. The first-order valence-corrected chi connectivity index (χ1v) is 12.9. The number of aliphatic hydroxyl groups is 1. The van der Waals surface area contributed by atoms with Crippen LogP contribution in [0.3, 0.4) is 0 Å². The second kappa shape index (κ2) is 10.4. The van der Waals surface area contributed by atoms with E-state index in [1.54, 1.807) is 7.11 Å². The number of allylic oxidation sites excluding steroid dienone is 1. The Morgan fingerprint density at radius 2 is 1.94 bits per heavy atom. The molecule has 0 saturated heterocycles. The highest BCUT2D eigenvalue weighted by atomic mass is 16.5. The maximum atomic E-state index is 13.3. The summed E-state index contributed by atoms with van der Waals surface area (Å²) in [5.41, 5.74) is 3.38. The predicted molar refractivity (Wildman–Crippen MR) is 145 cm³/mol. The number of likely N-dealkylation sites (N-methyl/N-ethyl adjacent to an activating group) is 1. The number of H-pyrrole nitrogens is 1. The van der Waals surface area contributed by atoms with E-state index >= 15 is 0 Å². The minimum atomic E-state index is -0.743. The highest BCUT2D eigenvalue weighted by molar-refractivity contribution is 6.00. The Morgan fingerprint density at radius 1 is 1.26 bits per heavy atom. The summed E-state index contributed by atoms with van der Waals surface area (Å²) in [6, 6.07) is 3.91. The number of carbonyl (C=O) groups excluding carboxylic acids is 1. The summed E-state index contributed by atoms with van der Waals surface area (Å²) in [5, 5.41) is 15.3. The molecule has 1 amide bonds. The van der Waals surface area contributed by atoms with Crippen LogP contribution in [0.25, 0.3) is 10.9 Å². The van der Waals surface area contributed by atoms with Gasteiger partial charge in [-0.2, -0.15) is 0 Å². The lowest BCUT2D eigenvalue weighted by Crippen LogP contribution is -2.52. The van der Waals surface area contributed by atoms with Gasteiger partial charge in [-0.3, -0.25) is 4.79 Å². The van der Waals surface area contributed by atoms with E-state index in [0.29, 0.717) is 19.4 Å². The van der Waals surface area contributed by atoms with Crippen molar-refractivity contribution in [3.8, 4) is 0 Å². The first kappa shape index (κ1) is 27.3. The largest absolute Gasteiger partial charge is 0.390 e. The minimum Gasteiger partial charge on any atom is -0.390 e. The Morgan fingerprint density at radius 3 is 2.51 bits per heavy atom. The summed E-state index contributed by atoms with van der Waals surface area (Å²) in [7, 11) is 3.68. The summed E-state index contributed by atoms with van der Waals surface area (Å²) >= 11 is 0. The third-order valence-electron chi connectivity index (χ3n) is 8.23. The SMILES string of the molecule is C=C[C@@](C)(CC[C@@](C)(O)C(C)C)c1ccc2c3c(c[nH]c13)C[C@@H](COC)NC(=O)[C@H](C(C)C)N2C. The fraction of sp³-hybridized carbons (Fsp3) is 0.621. The van der Waals surface area contributed by atoms with Crippen LogP contribution in [-0.4, -0.2) is 54.4 Å². The van der Waals surface area contributed by atoms with Gasteiger partial charge in [0.1, 0.15) is 6.04 Å². The van der Waals surface area contributed by atoms with E-state index in [0.717, 1.165) is 34.1 Å². The standard InChI is InChI=1S/C29H45N3O3/c1-10-28(6,13-14-29(7,34)19(4)5)22-11-12-23-24-20(16-30-25(22)24)15-21(17-35-9)31-27(33)26(18(2)3)32(23)8/h10-12,16,18-19,21,26,30,34H,1,13-15,17H2,2-9H3,(H,31,33)/t21-,26-,28-,29+/m0/s1. The molecule has 1 aromatic carbocycles. The molecule has 2 heterocycles. The zero-order valence-electron chi connectivity index (χ0n) is 22.9. The Hall–Kier alpha value is -2.31. The van der Waals surface area contributed by atoms with Crippen molar-refractivity contribution in [2.24, 2.45) is 11.8 Å². The highest BCUT2D eigenvalue weighted by Gasteiger charge is 2.35. The van der Waals surface area contributed by atoms with Crippen molar-refractivity contribution in [2.45, 2.75) is 83.9 Å². The number of hydrogen-bond acceptors (Lipinski definition) is 4. The van der Waals surface area contributed by atoms with Crippen LogP contribution in [0, 0.1) is 11.8 Å². The van der Waals surface area contributed by atoms with Gasteiger partial charge in [0.15, 0.2) is 0 Å². The second-order valence-corrected chi connectivity index (χ2v) is 11.5. The number of benzene rings is 1. The summed E-state index contributed by atoms with van der Waals surface area (Å²) in [6.07, 6.45) is 6.22. The van der Waals surface area contributed by atoms with Crippen LogP contribution in [-0.2, 0) is 21.4 Å². The molecule has 0 bridgehead atoms. The van der Waals surface area contributed by atoms with Crippen LogP contribution in [0.5, 0.6) is 0 Å². The molecule has 3 rings (SSSR count). The molecule has 1 aliphatic rings. The molecule has 35 heavy (non-hydrogen) atoms. The number of carbonyl (C=O) groups is 1. The fourth-order valence-corrected chi connectivity index (χ4v) is 5.36. The number of anilines is 1. The first-order chi connectivity index (χ1) is 16.4. The summed E-state index contributed by atoms with van der Waals surface area (Å²) in [6.45, 7) is 17.1. The topological polar surface area (TPSA) is 77.6 Å². The Kier molecular flexibility index (Phi) is 8.07. The zero-order valence-corrected chi connectivity index (χ0v) is 22.9. The Bertz CT molecular complexity index is 1050. The number of rotatable bonds is 9. The van der Waals surface area contributed by atoms with Gasteiger partial charge in [0.25, 0.3) is 0 Å². The van der Waals surface area contributed by atoms with Crippen molar-refractivity contribution < 1.29 is 14.6 Å². The molecule has 3 N–H and O–H groups in total. The number of aromatic nitrogens is 1. The Labute approximate surface area is 211 Å². The third-order valence-corrected chi connectivity index (χ3v) is 8.23. The van der Waals surface area contributed by atoms with Gasteiger partial charge in [0, 0.05) is 36.8 Å². The molecule has 1 aliphatic heterocycles. The van der Waals surface area contributed by atoms with Crippen LogP contribution in [0.15, 0.2) is 31.0 Å². The highest BCUT2D eigenvalue weighted by Crippen LogP contribution is 2.42. The van der Waals surface area contributed by atoms with Crippen LogP contribution in [0.2, 0.25) is 0 Å². The van der Waals surface area contributed by atoms with Crippen LogP contribution >= 0.6 is 0 Å². The van der Waals surface area contributed by atoms with Crippen molar-refractivity contribution in [1.82, 2.24) is 10.3 Å². The molecule has 0 unspecified atom stereocenters. The average Bonchev–Trinajstić information content (AvgIpc) is 3.21. The monoisotopic (exact) mass is 483 g/mol.